The number of nitrogens with zero attached hydrogens (tertiary/aromatic N) is 2. The number of aliphatic hydroxyl groups excluding tert-OH is 3. The van der Waals surface area contributed by atoms with Gasteiger partial charge in [-0.05, 0) is 0 Å². The fourth-order valence-corrected chi connectivity index (χ4v) is 2.02. The minimum Gasteiger partial charge on any atom is -0.394 e. The van der Waals surface area contributed by atoms with Crippen LogP contribution in [0.5, 0.6) is 0 Å². The first-order chi connectivity index (χ1) is 9.53. The molecule has 1 aliphatic rings. The SMILES string of the molecule is C=C=C1[C@H](n2cc(CO)c(N)nc2=O)O[C@H](CO)[C@H]1O. The highest BCUT2D eigenvalue weighted by Crippen LogP contribution is 2.32. The molecule has 1 aromatic rings. The van der Waals surface area contributed by atoms with Gasteiger partial charge in [0, 0.05) is 11.8 Å². The molecule has 0 unspecified atom stereocenters. The van der Waals surface area contributed by atoms with Gasteiger partial charge in [0.15, 0.2) is 6.23 Å². The molecule has 8 nitrogen and oxygen atoms in total. The minimum absolute atomic E-state index is 0.0739. The molecule has 0 bridgehead atoms. The molecule has 108 valence electrons. The largest absolute Gasteiger partial charge is 0.394 e. The average molecular weight is 281 g/mol. The highest BCUT2D eigenvalue weighted by atomic mass is 16.5. The van der Waals surface area contributed by atoms with Crippen LogP contribution in [0.3, 0.4) is 0 Å². The van der Waals surface area contributed by atoms with Gasteiger partial charge in [0.1, 0.15) is 18.0 Å². The molecule has 0 amide bonds. The third kappa shape index (κ3) is 2.26. The molecular weight excluding hydrogens is 266 g/mol. The molecule has 2 rings (SSSR count). The summed E-state index contributed by atoms with van der Waals surface area (Å²) in [5, 5.41) is 28.2. The number of nitrogen functional groups attached to an aromatic ring is 1. The zero-order valence-electron chi connectivity index (χ0n) is 10.6. The van der Waals surface area contributed by atoms with Gasteiger partial charge in [-0.15, -0.1) is 5.73 Å². The van der Waals surface area contributed by atoms with Crippen molar-refractivity contribution in [3.8, 4) is 0 Å². The van der Waals surface area contributed by atoms with E-state index < -0.39 is 37.3 Å². The van der Waals surface area contributed by atoms with Gasteiger partial charge in [-0.25, -0.2) is 4.79 Å². The Morgan fingerprint density at radius 1 is 1.55 bits per heavy atom. The molecular formula is C12H15N3O5. The maximum Gasteiger partial charge on any atom is 0.351 e. The van der Waals surface area contributed by atoms with Crippen LogP contribution in [-0.4, -0.2) is 43.7 Å². The predicted octanol–water partition coefficient (Wildman–Crippen LogP) is -1.72. The van der Waals surface area contributed by atoms with Gasteiger partial charge in [0.05, 0.1) is 18.8 Å². The van der Waals surface area contributed by atoms with Crippen LogP contribution < -0.4 is 11.4 Å². The first kappa shape index (κ1) is 14.4. The van der Waals surface area contributed by atoms with Gasteiger partial charge in [-0.3, -0.25) is 4.57 Å². The summed E-state index contributed by atoms with van der Waals surface area (Å²) < 4.78 is 6.46. The van der Waals surface area contributed by atoms with Crippen LogP contribution in [0.25, 0.3) is 0 Å². The molecule has 1 aliphatic heterocycles. The van der Waals surface area contributed by atoms with Crippen LogP contribution in [0.1, 0.15) is 11.8 Å². The molecule has 1 fully saturated rings. The number of aliphatic hydroxyl groups is 3. The standard InChI is InChI=1S/C12H15N3O5/c1-2-7-9(18)8(5-17)20-11(7)15-3-6(4-16)10(13)14-12(15)19/h3,8-9,11,16-18H,1,4-5H2,(H2,13,14,19)/t8-,9+,11-/m1/s1. The van der Waals surface area contributed by atoms with Crippen LogP contribution >= 0.6 is 0 Å². The van der Waals surface area contributed by atoms with Crippen LogP contribution in [-0.2, 0) is 11.3 Å². The molecule has 3 atom stereocenters. The van der Waals surface area contributed by atoms with Crippen molar-refractivity contribution in [2.24, 2.45) is 0 Å². The number of ether oxygens (including phenoxy) is 1. The molecule has 0 saturated carbocycles. The van der Waals surface area contributed by atoms with E-state index >= 15 is 0 Å². The number of aromatic nitrogens is 2. The van der Waals surface area contributed by atoms with E-state index in [-0.39, 0.29) is 17.0 Å². The smallest absolute Gasteiger partial charge is 0.351 e. The zero-order chi connectivity index (χ0) is 14.9. The van der Waals surface area contributed by atoms with Crippen LogP contribution in [0.15, 0.2) is 28.9 Å². The lowest BCUT2D eigenvalue weighted by molar-refractivity contribution is -0.0448. The summed E-state index contributed by atoms with van der Waals surface area (Å²) in [6.45, 7) is 2.61. The van der Waals surface area contributed by atoms with Gasteiger partial charge in [0.2, 0.25) is 0 Å². The molecule has 5 N–H and O–H groups in total. The van der Waals surface area contributed by atoms with E-state index in [0.29, 0.717) is 0 Å². The Kier molecular flexibility index (Phi) is 4.03. The summed E-state index contributed by atoms with van der Waals surface area (Å²) in [6.07, 6.45) is -1.71. The third-order valence-corrected chi connectivity index (χ3v) is 3.11. The van der Waals surface area contributed by atoms with E-state index in [1.165, 1.54) is 6.20 Å². The average Bonchev–Trinajstić information content (AvgIpc) is 2.75. The lowest BCUT2D eigenvalue weighted by atomic mass is 10.1. The zero-order valence-corrected chi connectivity index (χ0v) is 10.6. The molecule has 0 aliphatic carbocycles. The summed E-state index contributed by atoms with van der Waals surface area (Å²) in [4.78, 5) is 15.4. The normalized spacial score (nSPS) is 25.8. The van der Waals surface area contributed by atoms with Gasteiger partial charge in [-0.1, -0.05) is 6.58 Å². The van der Waals surface area contributed by atoms with Crippen molar-refractivity contribution in [3.63, 3.8) is 0 Å². The molecule has 0 aromatic carbocycles. The van der Waals surface area contributed by atoms with E-state index in [0.717, 1.165) is 4.57 Å². The van der Waals surface area contributed by atoms with Crippen molar-refractivity contribution in [2.45, 2.75) is 25.0 Å². The first-order valence-corrected chi connectivity index (χ1v) is 5.86. The molecule has 0 radical (unpaired) electrons. The van der Waals surface area contributed by atoms with E-state index in [1.807, 2.05) is 0 Å². The summed E-state index contributed by atoms with van der Waals surface area (Å²) in [5.74, 6) is -0.0739. The van der Waals surface area contributed by atoms with Crippen molar-refractivity contribution in [3.05, 3.63) is 40.1 Å². The lowest BCUT2D eigenvalue weighted by Gasteiger charge is -2.15. The monoisotopic (exact) mass is 281 g/mol. The topological polar surface area (TPSA) is 131 Å². The van der Waals surface area contributed by atoms with Gasteiger partial charge >= 0.3 is 5.69 Å². The second-order valence-electron chi connectivity index (χ2n) is 4.29. The highest BCUT2D eigenvalue weighted by molar-refractivity contribution is 5.36. The molecule has 0 spiro atoms. The second-order valence-corrected chi connectivity index (χ2v) is 4.29. The molecule has 8 heteroatoms. The van der Waals surface area contributed by atoms with E-state index in [4.69, 9.17) is 20.7 Å². The highest BCUT2D eigenvalue weighted by Gasteiger charge is 2.40. The van der Waals surface area contributed by atoms with E-state index in [2.05, 4.69) is 17.3 Å². The maximum atomic E-state index is 11.9. The molecule has 1 aromatic heterocycles. The number of anilines is 1. The summed E-state index contributed by atoms with van der Waals surface area (Å²) in [5.41, 5.74) is 7.76. The van der Waals surface area contributed by atoms with Crippen molar-refractivity contribution in [1.29, 1.82) is 0 Å². The van der Waals surface area contributed by atoms with Crippen molar-refractivity contribution in [1.82, 2.24) is 9.55 Å². The quantitative estimate of drug-likeness (QED) is 0.485. The maximum absolute atomic E-state index is 11.9. The van der Waals surface area contributed by atoms with Gasteiger partial charge < -0.3 is 25.8 Å². The third-order valence-electron chi connectivity index (χ3n) is 3.11. The molecule has 1 saturated heterocycles. The number of hydrogen-bond acceptors (Lipinski definition) is 7. The summed E-state index contributed by atoms with van der Waals surface area (Å²) in [7, 11) is 0. The number of hydrogen-bond donors (Lipinski definition) is 4. The van der Waals surface area contributed by atoms with Crippen LogP contribution in [0, 0.1) is 0 Å². The Bertz CT molecular complexity index is 620. The summed E-state index contributed by atoms with van der Waals surface area (Å²) in [6, 6.07) is 0. The molecule has 20 heavy (non-hydrogen) atoms. The predicted molar refractivity (Wildman–Crippen MR) is 68.5 cm³/mol. The number of rotatable bonds is 3. The first-order valence-electron chi connectivity index (χ1n) is 5.86. The lowest BCUT2D eigenvalue weighted by Crippen LogP contribution is -2.29. The molecule has 2 heterocycles. The Balaban J connectivity index is 2.51. The van der Waals surface area contributed by atoms with Crippen molar-refractivity contribution in [2.75, 3.05) is 12.3 Å². The Hall–Kier alpha value is -1.96. The Morgan fingerprint density at radius 3 is 2.80 bits per heavy atom. The van der Waals surface area contributed by atoms with Crippen LogP contribution in [0.2, 0.25) is 0 Å². The van der Waals surface area contributed by atoms with Crippen molar-refractivity contribution >= 4 is 5.82 Å². The fraction of sp³-hybridized carbons (Fsp3) is 0.417. The Labute approximate surface area is 114 Å². The van der Waals surface area contributed by atoms with E-state index in [1.54, 1.807) is 0 Å². The van der Waals surface area contributed by atoms with Crippen molar-refractivity contribution < 1.29 is 20.1 Å². The fourth-order valence-electron chi connectivity index (χ4n) is 2.02. The minimum atomic E-state index is -1.12. The Morgan fingerprint density at radius 2 is 2.25 bits per heavy atom. The van der Waals surface area contributed by atoms with Gasteiger partial charge in [0.25, 0.3) is 0 Å². The van der Waals surface area contributed by atoms with Gasteiger partial charge in [-0.2, -0.15) is 4.98 Å². The number of nitrogens with two attached hydrogens (primary N) is 1. The second kappa shape index (κ2) is 5.58. The summed E-state index contributed by atoms with van der Waals surface area (Å²) >= 11 is 0. The van der Waals surface area contributed by atoms with Crippen LogP contribution in [0.4, 0.5) is 5.82 Å². The van der Waals surface area contributed by atoms with E-state index in [9.17, 15) is 9.90 Å².